The Morgan fingerprint density at radius 2 is 1.81 bits per heavy atom. The second kappa shape index (κ2) is 20.0. The van der Waals surface area contributed by atoms with Crippen molar-refractivity contribution in [2.24, 2.45) is 0 Å². The number of piperazine rings is 1. The van der Waals surface area contributed by atoms with Gasteiger partial charge in [-0.2, -0.15) is 28.4 Å². The average Bonchev–Trinajstić information content (AvgIpc) is 4.43. The van der Waals surface area contributed by atoms with Crippen molar-refractivity contribution in [2.75, 3.05) is 61.8 Å². The van der Waals surface area contributed by atoms with Crippen molar-refractivity contribution in [1.82, 2.24) is 29.3 Å². The molecule has 2 unspecified atom stereocenters. The van der Waals surface area contributed by atoms with Gasteiger partial charge >= 0.3 is 24.2 Å². The number of aromatic nitrogens is 4. The lowest BCUT2D eigenvalue weighted by Crippen LogP contribution is -2.51. The summed E-state index contributed by atoms with van der Waals surface area (Å²) in [7, 11) is 0. The predicted molar refractivity (Wildman–Crippen MR) is 277 cm³/mol. The number of alkyl halides is 3. The molecule has 2 aromatic carbocycles. The first kappa shape index (κ1) is 53.0. The second-order valence-electron chi connectivity index (χ2n) is 19.5. The zero-order chi connectivity index (χ0) is 56.0. The van der Waals surface area contributed by atoms with E-state index in [1.807, 2.05) is 11.4 Å². The topological polar surface area (TPSA) is 231 Å². The van der Waals surface area contributed by atoms with Crippen molar-refractivity contribution < 1.29 is 60.0 Å². The number of rotatable bonds is 10. The molecule has 4 N–H and O–H groups in total. The van der Waals surface area contributed by atoms with Gasteiger partial charge in [0.15, 0.2) is 11.9 Å². The number of hydrogen-bond acceptors (Lipinski definition) is 16. The maximum Gasteiger partial charge on any atom is 0.430 e. The third kappa shape index (κ3) is 9.05. The van der Waals surface area contributed by atoms with Crippen LogP contribution in [0.25, 0.3) is 45.1 Å². The van der Waals surface area contributed by atoms with Crippen LogP contribution in [0, 0.1) is 23.0 Å². The molecule has 0 aliphatic carbocycles. The van der Waals surface area contributed by atoms with Gasteiger partial charge in [-0.05, 0) is 68.6 Å². The van der Waals surface area contributed by atoms with E-state index in [-0.39, 0.29) is 150 Å². The number of nitrogens with two attached hydrogens (primary N) is 1. The molecule has 3 saturated heterocycles. The molecule has 0 bridgehead atoms. The minimum atomic E-state index is -5.38. The molecule has 6 aromatic rings. The van der Waals surface area contributed by atoms with Gasteiger partial charge < -0.3 is 39.4 Å². The predicted octanol–water partition coefficient (Wildman–Crippen LogP) is 6.39. The van der Waals surface area contributed by atoms with Crippen molar-refractivity contribution >= 4 is 91.1 Å². The van der Waals surface area contributed by atoms with Gasteiger partial charge in [0, 0.05) is 64.9 Å². The number of thiophene rings is 1. The Labute approximate surface area is 451 Å². The van der Waals surface area contributed by atoms with Gasteiger partial charge in [0.1, 0.15) is 47.8 Å². The number of carbonyl (C=O) groups excluding carboxylic acids is 3. The Morgan fingerprint density at radius 3 is 2.49 bits per heavy atom. The quantitative estimate of drug-likeness (QED) is 0.0766. The van der Waals surface area contributed by atoms with Crippen molar-refractivity contribution in [3.8, 4) is 23.5 Å². The number of halogens is 7. The van der Waals surface area contributed by atoms with E-state index >= 15 is 8.78 Å². The fourth-order valence-corrected chi connectivity index (χ4v) is 12.4. The van der Waals surface area contributed by atoms with Crippen LogP contribution in [0.4, 0.5) is 47.6 Å². The van der Waals surface area contributed by atoms with E-state index in [4.69, 9.17) is 36.5 Å². The summed E-state index contributed by atoms with van der Waals surface area (Å²) in [6.45, 7) is 8.07. The SMILES string of the molecule is C=C/C(c1c(Cl)cc2c(N3CCN(C(=O)C(=C)C(OC(=O)Nc4cc5cc6c(nc5cc4F)-c4cc5c(c(=O)n4C6)COC(=O)C5O)C(F)(F)F)CC3)nc(OCC34CCCN3CCC4)nc2c1F)=c1/c(C#N)c(N)s/c1=C\F. The van der Waals surface area contributed by atoms with Crippen LogP contribution in [0.3, 0.4) is 0 Å². The number of nitriles is 1. The molecule has 18 nitrogen and oxygen atoms in total. The summed E-state index contributed by atoms with van der Waals surface area (Å²) in [5.41, 5.74) is 3.80. The Morgan fingerprint density at radius 1 is 1.08 bits per heavy atom. The third-order valence-corrected chi connectivity index (χ3v) is 16.4. The fourth-order valence-electron chi connectivity index (χ4n) is 11.3. The molecular formula is C53H43ClF6N10O8S. The number of benzene rings is 2. The van der Waals surface area contributed by atoms with Crippen molar-refractivity contribution in [1.29, 1.82) is 5.26 Å². The van der Waals surface area contributed by atoms with Gasteiger partial charge in [0.05, 0.1) is 60.9 Å². The zero-order valence-corrected chi connectivity index (χ0v) is 42.9. The lowest BCUT2D eigenvalue weighted by atomic mass is 9.95. The molecule has 4 aromatic heterocycles. The van der Waals surface area contributed by atoms with E-state index < -0.39 is 64.8 Å². The summed E-state index contributed by atoms with van der Waals surface area (Å²) in [5, 5.41) is 22.4. The number of aliphatic hydroxyl groups is 1. The minimum absolute atomic E-state index is 0.0210. The van der Waals surface area contributed by atoms with Crippen molar-refractivity contribution in [3.05, 3.63) is 120 Å². The van der Waals surface area contributed by atoms with E-state index in [0.717, 1.165) is 67.1 Å². The van der Waals surface area contributed by atoms with Crippen LogP contribution in [0.5, 0.6) is 6.01 Å². The van der Waals surface area contributed by atoms with Crippen LogP contribution in [-0.2, 0) is 32.2 Å². The Hall–Kier alpha value is -8.05. The maximum absolute atomic E-state index is 17.3. The largest absolute Gasteiger partial charge is 0.461 e. The number of nitrogen functional groups attached to an aromatic ring is 1. The molecule has 5 aliphatic heterocycles. The number of amides is 2. The van der Waals surface area contributed by atoms with Gasteiger partial charge in [-0.1, -0.05) is 30.8 Å². The minimum Gasteiger partial charge on any atom is -0.461 e. The van der Waals surface area contributed by atoms with Crippen LogP contribution in [0.2, 0.25) is 5.02 Å². The normalized spacial score (nSPS) is 18.6. The fraction of sp³-hybridized carbons (Fsp3) is 0.321. The first-order valence-corrected chi connectivity index (χ1v) is 25.8. The van der Waals surface area contributed by atoms with Crippen LogP contribution in [0.1, 0.15) is 59.6 Å². The lowest BCUT2D eigenvalue weighted by Gasteiger charge is -2.37. The highest BCUT2D eigenvalue weighted by Crippen LogP contribution is 2.42. The lowest BCUT2D eigenvalue weighted by molar-refractivity contribution is -0.192. The molecule has 26 heteroatoms. The molecule has 0 radical (unpaired) electrons. The highest BCUT2D eigenvalue weighted by Gasteiger charge is 2.49. The second-order valence-corrected chi connectivity index (χ2v) is 21.0. The number of aliphatic hydroxyl groups excluding tert-OH is 1. The molecule has 0 saturated carbocycles. The first-order chi connectivity index (χ1) is 37.7. The van der Waals surface area contributed by atoms with E-state index in [0.29, 0.717) is 5.56 Å². The highest BCUT2D eigenvalue weighted by atomic mass is 35.5. The van der Waals surface area contributed by atoms with Gasteiger partial charge in [-0.3, -0.25) is 19.8 Å². The summed E-state index contributed by atoms with van der Waals surface area (Å²) in [6, 6.07) is 8.04. The number of esters is 1. The number of pyridine rings is 2. The molecule has 3 fully saturated rings. The molecule has 2 atom stereocenters. The number of nitrogens with one attached hydrogen (secondary N) is 1. The number of hydrogen-bond donors (Lipinski definition) is 3. The molecule has 9 heterocycles. The van der Waals surface area contributed by atoms with Gasteiger partial charge in [0.25, 0.3) is 11.5 Å². The van der Waals surface area contributed by atoms with E-state index in [9.17, 15) is 47.1 Å². The smallest absolute Gasteiger partial charge is 0.430 e. The number of cyclic esters (lactones) is 1. The molecule has 5 aliphatic rings. The third-order valence-electron chi connectivity index (χ3n) is 15.1. The van der Waals surface area contributed by atoms with E-state index in [1.54, 1.807) is 4.90 Å². The Kier molecular flexibility index (Phi) is 13.4. The molecule has 79 heavy (non-hydrogen) atoms. The number of anilines is 3. The van der Waals surface area contributed by atoms with Crippen LogP contribution < -0.4 is 36.0 Å². The van der Waals surface area contributed by atoms with Crippen molar-refractivity contribution in [3.63, 3.8) is 0 Å². The van der Waals surface area contributed by atoms with Gasteiger partial charge in [-0.15, -0.1) is 11.3 Å². The van der Waals surface area contributed by atoms with Crippen molar-refractivity contribution in [2.45, 2.75) is 62.8 Å². The molecular weight excluding hydrogens is 1090 g/mol. The van der Waals surface area contributed by atoms with Gasteiger partial charge in [-0.25, -0.2) is 27.7 Å². The molecule has 408 valence electrons. The molecule has 11 rings (SSSR count). The zero-order valence-electron chi connectivity index (χ0n) is 41.3. The average molecular weight is 1130 g/mol. The number of allylic oxidation sites excluding steroid dienone is 1. The van der Waals surface area contributed by atoms with Crippen LogP contribution >= 0.6 is 22.9 Å². The summed E-state index contributed by atoms with van der Waals surface area (Å²) in [4.78, 5) is 71.1. The summed E-state index contributed by atoms with van der Waals surface area (Å²) >= 11 is 7.62. The number of ether oxygens (including phenoxy) is 3. The number of fused-ring (bicyclic) bond motifs is 7. The van der Waals surface area contributed by atoms with Crippen LogP contribution in [0.15, 0.2) is 59.9 Å². The number of nitrogens with zero attached hydrogens (tertiary/aromatic N) is 8. The standard InChI is InChI=1S/C53H43ClF6N10O8S/c1-3-27(38-30(20-61)45(62)79-37(38)19-55)39-32(54)16-29-42(40(39)57)65-50(77-23-52-6-4-8-69(52)9-5-7-52)66-46(29)67-10-12-68(13-11-67)47(72)24(2)44(53(58,59)60)78-51(75)64-35-15-25-14-26-21-70-36(41(26)63-34(25)18-33(35)56)17-28-31(48(70)73)22-76-49(74)43(28)71/h3,14-19,43-44,71H,1-2,4-13,21-23,62H2,(H,64,75)/b37-19-,38-27+. The van der Waals surface area contributed by atoms with Crippen LogP contribution in [-0.4, -0.2) is 116 Å². The number of carbonyl (C=O) groups is 3. The monoisotopic (exact) mass is 1130 g/mol. The maximum atomic E-state index is 17.3. The first-order valence-electron chi connectivity index (χ1n) is 24.6. The summed E-state index contributed by atoms with van der Waals surface area (Å²) in [5.74, 6) is -4.19. The Bertz CT molecular complexity index is 3900. The van der Waals surface area contributed by atoms with E-state index in [1.165, 1.54) is 28.8 Å². The summed E-state index contributed by atoms with van der Waals surface area (Å²) < 4.78 is 109. The molecule has 2 amide bonds. The molecule has 0 spiro atoms. The Balaban J connectivity index is 0.829. The van der Waals surface area contributed by atoms with E-state index in [2.05, 4.69) is 28.0 Å². The summed E-state index contributed by atoms with van der Waals surface area (Å²) in [6.07, 6.45) is -7.01. The highest BCUT2D eigenvalue weighted by molar-refractivity contribution is 7.14. The van der Waals surface area contributed by atoms with Gasteiger partial charge in [0.2, 0.25) is 6.10 Å².